The Balaban J connectivity index is 1.93. The van der Waals surface area contributed by atoms with Gasteiger partial charge in [-0.3, -0.25) is 4.79 Å². The Bertz CT molecular complexity index is 981. The second-order valence-electron chi connectivity index (χ2n) is 5.45. The standard InChI is InChI=1S/C17H13Cl2N3O3/c1-8(9-2-4-10(23)5-3-9)16(24)22-21-15-13-11(18)6-7-12(19)14(13)20-17(15)25/h2-8,20,23,25H,1H3. The fourth-order valence-corrected chi connectivity index (χ4v) is 2.84. The summed E-state index contributed by atoms with van der Waals surface area (Å²) in [5, 5.41) is 27.9. The van der Waals surface area contributed by atoms with Gasteiger partial charge in [0.25, 0.3) is 5.91 Å². The van der Waals surface area contributed by atoms with Gasteiger partial charge in [-0.1, -0.05) is 35.3 Å². The minimum Gasteiger partial charge on any atom is -0.508 e. The Morgan fingerprint density at radius 2 is 1.72 bits per heavy atom. The first kappa shape index (κ1) is 17.3. The van der Waals surface area contributed by atoms with E-state index in [1.165, 1.54) is 12.1 Å². The van der Waals surface area contributed by atoms with Gasteiger partial charge >= 0.3 is 0 Å². The lowest BCUT2D eigenvalue weighted by Crippen LogP contribution is -2.05. The van der Waals surface area contributed by atoms with Crippen LogP contribution in [0.2, 0.25) is 10.0 Å². The van der Waals surface area contributed by atoms with Gasteiger partial charge in [0.05, 0.1) is 26.9 Å². The van der Waals surface area contributed by atoms with Gasteiger partial charge in [-0.25, -0.2) is 0 Å². The van der Waals surface area contributed by atoms with Crippen molar-refractivity contribution in [2.45, 2.75) is 12.8 Å². The zero-order valence-electron chi connectivity index (χ0n) is 13.0. The maximum atomic E-state index is 12.2. The average molecular weight is 378 g/mol. The van der Waals surface area contributed by atoms with Gasteiger partial charge in [-0.2, -0.15) is 0 Å². The molecule has 0 saturated carbocycles. The van der Waals surface area contributed by atoms with Crippen molar-refractivity contribution in [1.82, 2.24) is 4.98 Å². The van der Waals surface area contributed by atoms with E-state index >= 15 is 0 Å². The maximum absolute atomic E-state index is 12.2. The number of H-pyrrole nitrogens is 1. The molecule has 0 aliphatic heterocycles. The number of halogens is 2. The molecule has 3 rings (SSSR count). The highest BCUT2D eigenvalue weighted by molar-refractivity contribution is 6.41. The minimum absolute atomic E-state index is 0.0498. The number of nitrogens with zero attached hydrogens (tertiary/aromatic N) is 2. The average Bonchev–Trinajstić information content (AvgIpc) is 2.94. The molecule has 0 aliphatic rings. The van der Waals surface area contributed by atoms with Crippen LogP contribution in [0.3, 0.4) is 0 Å². The van der Waals surface area contributed by atoms with Gasteiger partial charge in [0, 0.05) is 0 Å². The van der Waals surface area contributed by atoms with E-state index < -0.39 is 11.8 Å². The summed E-state index contributed by atoms with van der Waals surface area (Å²) in [5.41, 5.74) is 1.15. The first-order valence-electron chi connectivity index (χ1n) is 7.31. The van der Waals surface area contributed by atoms with Gasteiger partial charge in [0.2, 0.25) is 5.88 Å². The Morgan fingerprint density at radius 1 is 1.08 bits per heavy atom. The summed E-state index contributed by atoms with van der Waals surface area (Å²) < 4.78 is 0. The number of azo groups is 1. The minimum atomic E-state index is -0.559. The molecule has 1 unspecified atom stereocenters. The molecule has 0 aliphatic carbocycles. The molecule has 0 radical (unpaired) electrons. The van der Waals surface area contributed by atoms with Crippen molar-refractivity contribution >= 4 is 45.7 Å². The smallest absolute Gasteiger partial charge is 0.271 e. The maximum Gasteiger partial charge on any atom is 0.271 e. The van der Waals surface area contributed by atoms with Crippen molar-refractivity contribution in [2.24, 2.45) is 10.2 Å². The zero-order valence-corrected chi connectivity index (χ0v) is 14.5. The molecule has 0 saturated heterocycles. The molecule has 8 heteroatoms. The molecular weight excluding hydrogens is 365 g/mol. The van der Waals surface area contributed by atoms with E-state index in [0.717, 1.165) is 0 Å². The third-order valence-corrected chi connectivity index (χ3v) is 4.45. The van der Waals surface area contributed by atoms with E-state index in [4.69, 9.17) is 23.2 Å². The van der Waals surface area contributed by atoms with Crippen molar-refractivity contribution < 1.29 is 15.0 Å². The Hall–Kier alpha value is -2.57. The van der Waals surface area contributed by atoms with Gasteiger partial charge in [0.15, 0.2) is 5.69 Å². The number of hydrogen-bond donors (Lipinski definition) is 3. The van der Waals surface area contributed by atoms with E-state index in [-0.39, 0.29) is 17.3 Å². The van der Waals surface area contributed by atoms with Crippen molar-refractivity contribution in [3.8, 4) is 11.6 Å². The van der Waals surface area contributed by atoms with Crippen LogP contribution in [0.25, 0.3) is 10.9 Å². The fraction of sp³-hybridized carbons (Fsp3) is 0.118. The molecule has 2 aromatic carbocycles. The number of carbonyl (C=O) groups excluding carboxylic acids is 1. The van der Waals surface area contributed by atoms with Crippen molar-refractivity contribution in [3.05, 3.63) is 52.0 Å². The van der Waals surface area contributed by atoms with E-state index in [0.29, 0.717) is 26.5 Å². The van der Waals surface area contributed by atoms with Crippen LogP contribution in [-0.4, -0.2) is 21.1 Å². The number of aromatic amines is 1. The predicted molar refractivity (Wildman–Crippen MR) is 96.0 cm³/mol. The molecule has 0 fully saturated rings. The van der Waals surface area contributed by atoms with E-state index in [1.54, 1.807) is 31.2 Å². The Labute approximate surface area is 152 Å². The quantitative estimate of drug-likeness (QED) is 0.540. The number of rotatable bonds is 3. The number of benzene rings is 2. The number of nitrogens with one attached hydrogen (secondary N) is 1. The highest BCUT2D eigenvalue weighted by Gasteiger charge is 2.18. The van der Waals surface area contributed by atoms with Gasteiger partial charge in [-0.15, -0.1) is 10.2 Å². The van der Waals surface area contributed by atoms with E-state index in [2.05, 4.69) is 15.2 Å². The van der Waals surface area contributed by atoms with E-state index in [1.807, 2.05) is 0 Å². The van der Waals surface area contributed by atoms with Gasteiger partial charge < -0.3 is 15.2 Å². The lowest BCUT2D eigenvalue weighted by Gasteiger charge is -2.06. The van der Waals surface area contributed by atoms with Crippen LogP contribution in [-0.2, 0) is 4.79 Å². The number of phenols is 1. The van der Waals surface area contributed by atoms with E-state index in [9.17, 15) is 15.0 Å². The second kappa shape index (κ2) is 6.74. The first-order valence-corrected chi connectivity index (χ1v) is 8.07. The van der Waals surface area contributed by atoms with Crippen LogP contribution >= 0.6 is 23.2 Å². The summed E-state index contributed by atoms with van der Waals surface area (Å²) in [7, 11) is 0. The SMILES string of the molecule is CC(C(=O)N=Nc1c(O)[nH]c2c(Cl)ccc(Cl)c12)c1ccc(O)cc1. The molecule has 1 heterocycles. The molecule has 6 nitrogen and oxygen atoms in total. The molecule has 128 valence electrons. The summed E-state index contributed by atoms with van der Waals surface area (Å²) in [4.78, 5) is 14.9. The number of hydrogen-bond acceptors (Lipinski definition) is 4. The monoisotopic (exact) mass is 377 g/mol. The van der Waals surface area contributed by atoms with Crippen molar-refractivity contribution in [3.63, 3.8) is 0 Å². The molecule has 0 spiro atoms. The molecule has 1 atom stereocenters. The summed E-state index contributed by atoms with van der Waals surface area (Å²) >= 11 is 12.2. The van der Waals surface area contributed by atoms with Crippen LogP contribution < -0.4 is 0 Å². The number of fused-ring (bicyclic) bond motifs is 1. The Kier molecular flexibility index (Phi) is 4.65. The number of aromatic hydroxyl groups is 2. The molecule has 1 aromatic heterocycles. The Morgan fingerprint density at radius 3 is 2.40 bits per heavy atom. The molecule has 1 amide bonds. The molecule has 3 N–H and O–H groups in total. The lowest BCUT2D eigenvalue weighted by molar-refractivity contribution is -0.119. The largest absolute Gasteiger partial charge is 0.508 e. The zero-order chi connectivity index (χ0) is 18.1. The number of phenolic OH excluding ortho intramolecular Hbond substituents is 1. The molecular formula is C17H13Cl2N3O3. The summed E-state index contributed by atoms with van der Waals surface area (Å²) in [6, 6.07) is 9.40. The third-order valence-electron chi connectivity index (χ3n) is 3.82. The van der Waals surface area contributed by atoms with Gasteiger partial charge in [-0.05, 0) is 36.8 Å². The second-order valence-corrected chi connectivity index (χ2v) is 6.27. The summed E-state index contributed by atoms with van der Waals surface area (Å²) in [6.45, 7) is 1.67. The van der Waals surface area contributed by atoms with Crippen LogP contribution in [0, 0.1) is 0 Å². The lowest BCUT2D eigenvalue weighted by atomic mass is 10.0. The number of aromatic nitrogens is 1. The third kappa shape index (κ3) is 3.31. The number of amides is 1. The summed E-state index contributed by atoms with van der Waals surface area (Å²) in [5.74, 6) is -1.23. The van der Waals surface area contributed by atoms with Crippen molar-refractivity contribution in [1.29, 1.82) is 0 Å². The first-order chi connectivity index (χ1) is 11.9. The summed E-state index contributed by atoms with van der Waals surface area (Å²) in [6.07, 6.45) is 0. The van der Waals surface area contributed by atoms with Crippen molar-refractivity contribution in [2.75, 3.05) is 0 Å². The van der Waals surface area contributed by atoms with Gasteiger partial charge in [0.1, 0.15) is 5.75 Å². The number of carbonyl (C=O) groups is 1. The topological polar surface area (TPSA) is 98.0 Å². The van der Waals surface area contributed by atoms with Crippen LogP contribution in [0.4, 0.5) is 5.69 Å². The fourth-order valence-electron chi connectivity index (χ4n) is 2.39. The predicted octanol–water partition coefficient (Wildman–Crippen LogP) is 5.30. The molecule has 3 aromatic rings. The highest BCUT2D eigenvalue weighted by Crippen LogP contribution is 2.42. The molecule has 25 heavy (non-hydrogen) atoms. The van der Waals surface area contributed by atoms with Crippen LogP contribution in [0.1, 0.15) is 18.4 Å². The normalized spacial score (nSPS) is 12.8. The highest BCUT2D eigenvalue weighted by atomic mass is 35.5. The van der Waals surface area contributed by atoms with Crippen LogP contribution in [0.15, 0.2) is 46.6 Å². The van der Waals surface area contributed by atoms with Crippen LogP contribution in [0.5, 0.6) is 11.6 Å². The molecule has 0 bridgehead atoms.